The van der Waals surface area contributed by atoms with Crippen molar-refractivity contribution in [1.82, 2.24) is 15.2 Å². The van der Waals surface area contributed by atoms with Gasteiger partial charge in [0, 0.05) is 25.3 Å². The van der Waals surface area contributed by atoms with Crippen molar-refractivity contribution in [2.75, 3.05) is 13.1 Å². The summed E-state index contributed by atoms with van der Waals surface area (Å²) in [4.78, 5) is 6.99. The Balaban J connectivity index is 1.32. The Morgan fingerprint density at radius 1 is 1.00 bits per heavy atom. The topological polar surface area (TPSA) is 28.2 Å². The molecule has 3 rings (SSSR count). The number of pyridine rings is 1. The molecule has 122 valence electrons. The fraction of sp³-hybridized carbons (Fsp3) is 0.450. The van der Waals surface area contributed by atoms with Crippen molar-refractivity contribution in [2.24, 2.45) is 0 Å². The van der Waals surface area contributed by atoms with Gasteiger partial charge in [0.1, 0.15) is 0 Å². The van der Waals surface area contributed by atoms with Crippen molar-refractivity contribution >= 4 is 0 Å². The molecule has 1 fully saturated rings. The number of rotatable bonds is 10. The van der Waals surface area contributed by atoms with Gasteiger partial charge in [-0.05, 0) is 56.5 Å². The summed E-state index contributed by atoms with van der Waals surface area (Å²) < 4.78 is 0. The second-order valence-corrected chi connectivity index (χ2v) is 6.39. The maximum absolute atomic E-state index is 4.33. The molecule has 0 radical (unpaired) electrons. The van der Waals surface area contributed by atoms with Gasteiger partial charge < -0.3 is 5.32 Å². The molecule has 1 heterocycles. The van der Waals surface area contributed by atoms with Crippen LogP contribution in [0.5, 0.6) is 0 Å². The number of hydrogen-bond acceptors (Lipinski definition) is 3. The summed E-state index contributed by atoms with van der Waals surface area (Å²) >= 11 is 0. The number of aromatic nitrogens is 1. The summed E-state index contributed by atoms with van der Waals surface area (Å²) in [5.41, 5.74) is 2.56. The zero-order chi connectivity index (χ0) is 15.7. The Kier molecular flexibility index (Phi) is 6.18. The molecule has 3 heteroatoms. The Labute approximate surface area is 139 Å². The van der Waals surface area contributed by atoms with Crippen LogP contribution in [-0.2, 0) is 13.1 Å². The molecular weight excluding hydrogens is 282 g/mol. The quantitative estimate of drug-likeness (QED) is 0.680. The minimum absolute atomic E-state index is 0.830. The van der Waals surface area contributed by atoms with Crippen LogP contribution >= 0.6 is 0 Å². The molecule has 0 bridgehead atoms. The zero-order valence-corrected chi connectivity index (χ0v) is 13.8. The number of benzene rings is 1. The third-order valence-electron chi connectivity index (χ3n) is 4.37. The van der Waals surface area contributed by atoms with Crippen molar-refractivity contribution in [3.05, 3.63) is 66.0 Å². The molecule has 1 aliphatic carbocycles. The molecule has 1 aliphatic rings. The summed E-state index contributed by atoms with van der Waals surface area (Å²) in [6.45, 7) is 4.26. The van der Waals surface area contributed by atoms with Crippen LogP contribution in [0.25, 0.3) is 0 Å². The van der Waals surface area contributed by atoms with E-state index in [0.717, 1.165) is 31.4 Å². The number of unbranched alkanes of at least 4 members (excludes halogenated alkanes) is 1. The number of nitrogens with zero attached hydrogens (tertiary/aromatic N) is 2. The highest BCUT2D eigenvalue weighted by Crippen LogP contribution is 2.28. The molecule has 0 atom stereocenters. The summed E-state index contributed by atoms with van der Waals surface area (Å²) in [6, 6.07) is 17.8. The SMILES string of the molecule is c1ccc(CN(CCCCNCc2ccccn2)C2CC2)cc1. The number of hydrogen-bond donors (Lipinski definition) is 1. The first kappa shape index (κ1) is 16.2. The Morgan fingerprint density at radius 2 is 1.83 bits per heavy atom. The van der Waals surface area contributed by atoms with Gasteiger partial charge >= 0.3 is 0 Å². The van der Waals surface area contributed by atoms with Gasteiger partial charge in [-0.1, -0.05) is 36.4 Å². The van der Waals surface area contributed by atoms with Crippen LogP contribution < -0.4 is 5.32 Å². The van der Waals surface area contributed by atoms with Gasteiger partial charge in [0.05, 0.1) is 5.69 Å². The van der Waals surface area contributed by atoms with Crippen LogP contribution in [0, 0.1) is 0 Å². The maximum atomic E-state index is 4.33. The van der Waals surface area contributed by atoms with E-state index in [4.69, 9.17) is 0 Å². The molecule has 0 aliphatic heterocycles. The van der Waals surface area contributed by atoms with E-state index in [1.807, 2.05) is 18.3 Å². The lowest BCUT2D eigenvalue weighted by Crippen LogP contribution is -2.27. The maximum Gasteiger partial charge on any atom is 0.0541 e. The first-order chi connectivity index (χ1) is 11.4. The third kappa shape index (κ3) is 5.77. The van der Waals surface area contributed by atoms with Crippen molar-refractivity contribution in [3.8, 4) is 0 Å². The van der Waals surface area contributed by atoms with Gasteiger partial charge in [-0.15, -0.1) is 0 Å². The van der Waals surface area contributed by atoms with E-state index in [-0.39, 0.29) is 0 Å². The molecule has 1 aromatic carbocycles. The summed E-state index contributed by atoms with van der Waals surface area (Å²) in [5, 5.41) is 3.49. The summed E-state index contributed by atoms with van der Waals surface area (Å²) in [6.07, 6.45) is 7.10. The predicted molar refractivity (Wildman–Crippen MR) is 95.1 cm³/mol. The smallest absolute Gasteiger partial charge is 0.0541 e. The molecular formula is C20H27N3. The van der Waals surface area contributed by atoms with E-state index < -0.39 is 0 Å². The Morgan fingerprint density at radius 3 is 2.57 bits per heavy atom. The van der Waals surface area contributed by atoms with Crippen LogP contribution in [0.4, 0.5) is 0 Å². The second-order valence-electron chi connectivity index (χ2n) is 6.39. The molecule has 1 aromatic heterocycles. The zero-order valence-electron chi connectivity index (χ0n) is 13.8. The highest BCUT2D eigenvalue weighted by molar-refractivity contribution is 5.14. The standard InChI is InChI=1S/C20H27N3/c1-2-8-18(9-3-1)17-23(20-11-12-20)15-7-6-13-21-16-19-10-4-5-14-22-19/h1-5,8-10,14,20-21H,6-7,11-13,15-17H2. The Hall–Kier alpha value is -1.71. The van der Waals surface area contributed by atoms with Gasteiger partial charge in [-0.25, -0.2) is 0 Å². The molecule has 23 heavy (non-hydrogen) atoms. The van der Waals surface area contributed by atoms with E-state index in [1.165, 1.54) is 37.8 Å². The molecule has 2 aromatic rings. The average Bonchev–Trinajstić information content (AvgIpc) is 3.44. The first-order valence-corrected chi connectivity index (χ1v) is 8.80. The lowest BCUT2D eigenvalue weighted by molar-refractivity contribution is 0.249. The van der Waals surface area contributed by atoms with Crippen LogP contribution in [0.3, 0.4) is 0 Å². The van der Waals surface area contributed by atoms with Crippen LogP contribution in [0.15, 0.2) is 54.7 Å². The predicted octanol–water partition coefficient (Wildman–Crippen LogP) is 3.62. The summed E-state index contributed by atoms with van der Waals surface area (Å²) in [7, 11) is 0. The lowest BCUT2D eigenvalue weighted by Gasteiger charge is -2.22. The van der Waals surface area contributed by atoms with Gasteiger partial charge in [-0.2, -0.15) is 0 Å². The molecule has 1 saturated carbocycles. The van der Waals surface area contributed by atoms with Crippen molar-refractivity contribution in [3.63, 3.8) is 0 Å². The Bertz CT molecular complexity index is 552. The van der Waals surface area contributed by atoms with E-state index in [0.29, 0.717) is 0 Å². The number of nitrogens with one attached hydrogen (secondary N) is 1. The first-order valence-electron chi connectivity index (χ1n) is 8.80. The molecule has 0 saturated heterocycles. The van der Waals surface area contributed by atoms with Gasteiger partial charge in [0.25, 0.3) is 0 Å². The van der Waals surface area contributed by atoms with Crippen molar-refractivity contribution in [2.45, 2.75) is 44.8 Å². The van der Waals surface area contributed by atoms with Gasteiger partial charge in [-0.3, -0.25) is 9.88 Å². The molecule has 3 nitrogen and oxygen atoms in total. The lowest BCUT2D eigenvalue weighted by atomic mass is 10.2. The normalized spacial score (nSPS) is 14.3. The molecule has 1 N–H and O–H groups in total. The monoisotopic (exact) mass is 309 g/mol. The minimum Gasteiger partial charge on any atom is -0.311 e. The van der Waals surface area contributed by atoms with Crippen molar-refractivity contribution in [1.29, 1.82) is 0 Å². The minimum atomic E-state index is 0.830. The second kappa shape index (κ2) is 8.80. The molecule has 0 amide bonds. The summed E-state index contributed by atoms with van der Waals surface area (Å²) in [5.74, 6) is 0. The van der Waals surface area contributed by atoms with E-state index in [9.17, 15) is 0 Å². The average molecular weight is 309 g/mol. The fourth-order valence-electron chi connectivity index (χ4n) is 2.93. The fourth-order valence-corrected chi connectivity index (χ4v) is 2.93. The van der Waals surface area contributed by atoms with E-state index in [1.54, 1.807) is 0 Å². The third-order valence-corrected chi connectivity index (χ3v) is 4.37. The van der Waals surface area contributed by atoms with Crippen LogP contribution in [-0.4, -0.2) is 29.0 Å². The van der Waals surface area contributed by atoms with E-state index >= 15 is 0 Å². The van der Waals surface area contributed by atoms with Crippen LogP contribution in [0.2, 0.25) is 0 Å². The van der Waals surface area contributed by atoms with Gasteiger partial charge in [0.15, 0.2) is 0 Å². The highest BCUT2D eigenvalue weighted by atomic mass is 15.2. The highest BCUT2D eigenvalue weighted by Gasteiger charge is 2.28. The molecule has 0 unspecified atom stereocenters. The largest absolute Gasteiger partial charge is 0.311 e. The van der Waals surface area contributed by atoms with Gasteiger partial charge in [0.2, 0.25) is 0 Å². The van der Waals surface area contributed by atoms with Crippen molar-refractivity contribution < 1.29 is 0 Å². The van der Waals surface area contributed by atoms with Crippen LogP contribution in [0.1, 0.15) is 36.9 Å². The van der Waals surface area contributed by atoms with E-state index in [2.05, 4.69) is 51.6 Å². The molecule has 0 spiro atoms.